The lowest BCUT2D eigenvalue weighted by atomic mass is 10.0. The second-order valence-corrected chi connectivity index (χ2v) is 7.51. The molecule has 1 unspecified atom stereocenters. The van der Waals surface area contributed by atoms with Gasteiger partial charge in [0.2, 0.25) is 0 Å². The Hall–Kier alpha value is -0.220. The molecule has 0 amide bonds. The molecule has 2 aliphatic heterocycles. The fourth-order valence-electron chi connectivity index (χ4n) is 3.65. The quantitative estimate of drug-likeness (QED) is 0.862. The Morgan fingerprint density at radius 3 is 2.68 bits per heavy atom. The highest BCUT2D eigenvalue weighted by Crippen LogP contribution is 2.37. The van der Waals surface area contributed by atoms with E-state index in [1.54, 1.807) is 0 Å². The maximum Gasteiger partial charge on any atom is 0.157 e. The molecule has 3 nitrogen and oxygen atoms in total. The number of nitrogens with one attached hydrogen (secondary N) is 1. The number of rotatable bonds is 3. The van der Waals surface area contributed by atoms with Crippen molar-refractivity contribution in [2.24, 2.45) is 4.99 Å². The Bertz CT molecular complexity index is 330. The fourth-order valence-corrected chi connectivity index (χ4v) is 4.97. The van der Waals surface area contributed by atoms with Crippen LogP contribution in [0.25, 0.3) is 0 Å². The van der Waals surface area contributed by atoms with Gasteiger partial charge in [-0.3, -0.25) is 4.99 Å². The first kappa shape index (κ1) is 13.7. The maximum atomic E-state index is 4.92. The number of piperidine rings is 1. The van der Waals surface area contributed by atoms with Crippen LogP contribution < -0.4 is 5.32 Å². The summed E-state index contributed by atoms with van der Waals surface area (Å²) in [4.78, 5) is 7.50. The molecule has 19 heavy (non-hydrogen) atoms. The Labute approximate surface area is 121 Å². The molecule has 0 bridgehead atoms. The number of amidine groups is 1. The highest BCUT2D eigenvalue weighted by Gasteiger charge is 2.39. The molecule has 1 atom stereocenters. The summed E-state index contributed by atoms with van der Waals surface area (Å²) in [5.41, 5.74) is 0.411. The van der Waals surface area contributed by atoms with Crippen molar-refractivity contribution in [1.29, 1.82) is 0 Å². The van der Waals surface area contributed by atoms with Gasteiger partial charge >= 0.3 is 0 Å². The van der Waals surface area contributed by atoms with Crippen LogP contribution in [0.15, 0.2) is 4.99 Å². The molecule has 0 aromatic rings. The van der Waals surface area contributed by atoms with E-state index >= 15 is 0 Å². The van der Waals surface area contributed by atoms with E-state index in [9.17, 15) is 0 Å². The molecule has 4 heteroatoms. The van der Waals surface area contributed by atoms with E-state index in [0.717, 1.165) is 6.54 Å². The zero-order valence-electron chi connectivity index (χ0n) is 12.2. The van der Waals surface area contributed by atoms with Gasteiger partial charge in [-0.2, -0.15) is 0 Å². The number of nitrogens with zero attached hydrogens (tertiary/aromatic N) is 2. The fraction of sp³-hybridized carbons (Fsp3) is 0.933. The summed E-state index contributed by atoms with van der Waals surface area (Å²) >= 11 is 1.95. The SMILES string of the molecule is CC(CN1CCCCC1)N=C1NC2(CCCC2)CS1. The van der Waals surface area contributed by atoms with Crippen molar-refractivity contribution < 1.29 is 0 Å². The first-order valence-electron chi connectivity index (χ1n) is 7.97. The van der Waals surface area contributed by atoms with Crippen LogP contribution in [0.2, 0.25) is 0 Å². The van der Waals surface area contributed by atoms with Gasteiger partial charge in [0.25, 0.3) is 0 Å². The number of thioether (sulfide) groups is 1. The number of likely N-dealkylation sites (tertiary alicyclic amines) is 1. The second kappa shape index (κ2) is 6.04. The van der Waals surface area contributed by atoms with Crippen LogP contribution in [0.3, 0.4) is 0 Å². The minimum Gasteiger partial charge on any atom is -0.359 e. The monoisotopic (exact) mass is 281 g/mol. The van der Waals surface area contributed by atoms with Gasteiger partial charge in [-0.1, -0.05) is 31.0 Å². The van der Waals surface area contributed by atoms with E-state index in [1.807, 2.05) is 11.8 Å². The Morgan fingerprint density at radius 1 is 1.21 bits per heavy atom. The van der Waals surface area contributed by atoms with Crippen LogP contribution in [0.1, 0.15) is 51.9 Å². The van der Waals surface area contributed by atoms with Crippen LogP contribution in [-0.4, -0.2) is 47.0 Å². The highest BCUT2D eigenvalue weighted by atomic mass is 32.2. The van der Waals surface area contributed by atoms with Crippen LogP contribution in [0.5, 0.6) is 0 Å². The van der Waals surface area contributed by atoms with E-state index in [0.29, 0.717) is 11.6 Å². The smallest absolute Gasteiger partial charge is 0.157 e. The molecule has 3 rings (SSSR count). The Kier molecular flexibility index (Phi) is 4.37. The molecule has 1 saturated carbocycles. The van der Waals surface area contributed by atoms with E-state index in [4.69, 9.17) is 4.99 Å². The molecule has 3 fully saturated rings. The van der Waals surface area contributed by atoms with Crippen LogP contribution >= 0.6 is 11.8 Å². The molecule has 1 spiro atoms. The van der Waals surface area contributed by atoms with Gasteiger partial charge in [0, 0.05) is 17.8 Å². The van der Waals surface area contributed by atoms with Gasteiger partial charge in [0.1, 0.15) is 0 Å². The van der Waals surface area contributed by atoms with Gasteiger partial charge in [-0.25, -0.2) is 0 Å². The second-order valence-electron chi connectivity index (χ2n) is 6.55. The summed E-state index contributed by atoms with van der Waals surface area (Å²) in [5.74, 6) is 1.24. The predicted molar refractivity (Wildman–Crippen MR) is 84.0 cm³/mol. The lowest BCUT2D eigenvalue weighted by Gasteiger charge is -2.28. The van der Waals surface area contributed by atoms with Crippen molar-refractivity contribution in [3.05, 3.63) is 0 Å². The topological polar surface area (TPSA) is 27.6 Å². The van der Waals surface area contributed by atoms with Gasteiger partial charge in [-0.15, -0.1) is 0 Å². The van der Waals surface area contributed by atoms with E-state index in [-0.39, 0.29) is 0 Å². The Morgan fingerprint density at radius 2 is 1.95 bits per heavy atom. The molecule has 2 saturated heterocycles. The largest absolute Gasteiger partial charge is 0.359 e. The lowest BCUT2D eigenvalue weighted by Crippen LogP contribution is -2.41. The molecular formula is C15H27N3S. The lowest BCUT2D eigenvalue weighted by molar-refractivity contribution is 0.220. The van der Waals surface area contributed by atoms with Crippen molar-refractivity contribution >= 4 is 16.9 Å². The van der Waals surface area contributed by atoms with Crippen LogP contribution in [0.4, 0.5) is 0 Å². The summed E-state index contributed by atoms with van der Waals surface area (Å²) in [6, 6.07) is 0.435. The third kappa shape index (κ3) is 3.46. The minimum atomic E-state index is 0.411. The molecule has 1 aliphatic carbocycles. The number of aliphatic imine (C=N–C) groups is 1. The Balaban J connectivity index is 1.50. The molecule has 0 aromatic carbocycles. The number of hydrogen-bond acceptors (Lipinski definition) is 3. The summed E-state index contributed by atoms with van der Waals surface area (Å²) in [5, 5.41) is 4.94. The zero-order chi connectivity index (χ0) is 13.1. The molecule has 0 aromatic heterocycles. The van der Waals surface area contributed by atoms with E-state index < -0.39 is 0 Å². The summed E-state index contributed by atoms with van der Waals surface area (Å²) < 4.78 is 0. The molecule has 108 valence electrons. The molecule has 0 radical (unpaired) electrons. The maximum absolute atomic E-state index is 4.92. The van der Waals surface area contributed by atoms with Crippen molar-refractivity contribution in [3.63, 3.8) is 0 Å². The van der Waals surface area contributed by atoms with E-state index in [2.05, 4.69) is 17.1 Å². The van der Waals surface area contributed by atoms with Gasteiger partial charge in [0.05, 0.1) is 6.04 Å². The van der Waals surface area contributed by atoms with Crippen LogP contribution in [-0.2, 0) is 0 Å². The molecule has 1 N–H and O–H groups in total. The summed E-state index contributed by atoms with van der Waals surface area (Å²) in [7, 11) is 0. The zero-order valence-corrected chi connectivity index (χ0v) is 13.0. The van der Waals surface area contributed by atoms with Gasteiger partial charge < -0.3 is 10.2 Å². The molecular weight excluding hydrogens is 254 g/mol. The van der Waals surface area contributed by atoms with Crippen LogP contribution in [0, 0.1) is 0 Å². The van der Waals surface area contributed by atoms with Crippen molar-refractivity contribution in [1.82, 2.24) is 10.2 Å². The average molecular weight is 281 g/mol. The van der Waals surface area contributed by atoms with Crippen molar-refractivity contribution in [2.75, 3.05) is 25.4 Å². The standard InChI is InChI=1S/C15H27N3S/c1-13(11-18-9-5-2-6-10-18)16-14-17-15(12-19-14)7-3-4-8-15/h13H,2-12H2,1H3,(H,16,17). The highest BCUT2D eigenvalue weighted by molar-refractivity contribution is 8.14. The third-order valence-electron chi connectivity index (χ3n) is 4.73. The summed E-state index contributed by atoms with van der Waals surface area (Å²) in [6.45, 7) is 5.96. The predicted octanol–water partition coefficient (Wildman–Crippen LogP) is 2.87. The van der Waals surface area contributed by atoms with E-state index in [1.165, 1.54) is 69.0 Å². The first-order valence-corrected chi connectivity index (χ1v) is 8.96. The van der Waals surface area contributed by atoms with Gasteiger partial charge in [0.15, 0.2) is 5.17 Å². The van der Waals surface area contributed by atoms with Gasteiger partial charge in [-0.05, 0) is 45.7 Å². The third-order valence-corrected chi connectivity index (χ3v) is 5.90. The normalized spacial score (nSPS) is 30.9. The average Bonchev–Trinajstić information content (AvgIpc) is 3.02. The first-order chi connectivity index (χ1) is 9.26. The summed E-state index contributed by atoms with van der Waals surface area (Å²) in [6.07, 6.45) is 9.64. The molecule has 3 aliphatic rings. The van der Waals surface area contributed by atoms with Crippen molar-refractivity contribution in [3.8, 4) is 0 Å². The number of hydrogen-bond donors (Lipinski definition) is 1. The minimum absolute atomic E-state index is 0.411. The van der Waals surface area contributed by atoms with Crippen molar-refractivity contribution in [2.45, 2.75) is 63.5 Å². The molecule has 2 heterocycles.